The average molecular weight is 284 g/mol. The smallest absolute Gasteiger partial charge is 0.119 e. The van der Waals surface area contributed by atoms with Crippen LogP contribution in [0.5, 0.6) is 5.75 Å². The van der Waals surface area contributed by atoms with Crippen LogP contribution >= 0.6 is 0 Å². The fraction of sp³-hybridized carbons (Fsp3) is 0.333. The molecule has 0 amide bonds. The van der Waals surface area contributed by atoms with Crippen molar-refractivity contribution in [2.24, 2.45) is 5.73 Å². The summed E-state index contributed by atoms with van der Waals surface area (Å²) in [6.45, 7) is 3.72. The molecule has 0 fully saturated rings. The van der Waals surface area contributed by atoms with Gasteiger partial charge in [-0.15, -0.1) is 0 Å². The Morgan fingerprint density at radius 3 is 2.19 bits per heavy atom. The Hall–Kier alpha value is -2.00. The largest absolute Gasteiger partial charge is 0.497 e. The summed E-state index contributed by atoms with van der Waals surface area (Å²) in [7, 11) is 3.78. The summed E-state index contributed by atoms with van der Waals surface area (Å²) in [5.74, 6) is 1.30. The van der Waals surface area contributed by atoms with Crippen molar-refractivity contribution in [3.63, 3.8) is 0 Å². The number of benzene rings is 2. The molecule has 0 aliphatic carbocycles. The third-order valence-corrected chi connectivity index (χ3v) is 3.84. The third-order valence-electron chi connectivity index (χ3n) is 3.84. The predicted octanol–water partition coefficient (Wildman–Crippen LogP) is 3.39. The van der Waals surface area contributed by atoms with Crippen molar-refractivity contribution in [2.75, 3.05) is 25.6 Å². The highest BCUT2D eigenvalue weighted by atomic mass is 16.5. The second kappa shape index (κ2) is 7.14. The molecule has 112 valence electrons. The first kappa shape index (κ1) is 15.4. The van der Waals surface area contributed by atoms with Gasteiger partial charge in [0.05, 0.1) is 7.11 Å². The molecule has 21 heavy (non-hydrogen) atoms. The molecule has 1 atom stereocenters. The molecule has 0 heterocycles. The highest BCUT2D eigenvalue weighted by molar-refractivity contribution is 5.49. The van der Waals surface area contributed by atoms with Crippen LogP contribution in [0.2, 0.25) is 0 Å². The zero-order chi connectivity index (χ0) is 15.2. The van der Waals surface area contributed by atoms with Gasteiger partial charge in [0, 0.05) is 19.3 Å². The van der Waals surface area contributed by atoms with Crippen molar-refractivity contribution in [1.29, 1.82) is 0 Å². The van der Waals surface area contributed by atoms with Crippen LogP contribution in [0.1, 0.15) is 24.0 Å². The van der Waals surface area contributed by atoms with Gasteiger partial charge in [0.25, 0.3) is 0 Å². The number of methoxy groups -OCH3 is 1. The summed E-state index contributed by atoms with van der Waals surface area (Å²) in [6.07, 6.45) is 0. The fourth-order valence-corrected chi connectivity index (χ4v) is 2.29. The molecule has 1 unspecified atom stereocenters. The molecule has 3 heteroatoms. The normalized spacial score (nSPS) is 12.0. The maximum Gasteiger partial charge on any atom is 0.119 e. The lowest BCUT2D eigenvalue weighted by atomic mass is 10.00. The summed E-state index contributed by atoms with van der Waals surface area (Å²) in [6, 6.07) is 16.8. The molecule has 2 aromatic rings. The Balaban J connectivity index is 2.02. The molecule has 2 N–H and O–H groups in total. The molecule has 0 saturated carbocycles. The molecule has 2 aromatic carbocycles. The minimum Gasteiger partial charge on any atom is -0.497 e. The zero-order valence-corrected chi connectivity index (χ0v) is 13.0. The van der Waals surface area contributed by atoms with E-state index < -0.39 is 0 Å². The molecule has 0 aliphatic rings. The lowest BCUT2D eigenvalue weighted by Crippen LogP contribution is -2.16. The first-order chi connectivity index (χ1) is 10.1. The van der Waals surface area contributed by atoms with Gasteiger partial charge in [0.1, 0.15) is 5.75 Å². The van der Waals surface area contributed by atoms with E-state index in [1.165, 1.54) is 16.8 Å². The van der Waals surface area contributed by atoms with E-state index in [2.05, 4.69) is 55.3 Å². The van der Waals surface area contributed by atoms with Crippen LogP contribution in [-0.4, -0.2) is 20.7 Å². The topological polar surface area (TPSA) is 38.5 Å². The molecule has 0 aliphatic heterocycles. The number of hydrogen-bond acceptors (Lipinski definition) is 3. The Morgan fingerprint density at radius 1 is 1.05 bits per heavy atom. The highest BCUT2D eigenvalue weighted by Gasteiger charge is 2.05. The van der Waals surface area contributed by atoms with E-state index in [9.17, 15) is 0 Å². The maximum atomic E-state index is 5.70. The molecule has 2 rings (SSSR count). The summed E-state index contributed by atoms with van der Waals surface area (Å²) >= 11 is 0. The maximum absolute atomic E-state index is 5.70. The number of ether oxygens (including phenoxy) is 1. The lowest BCUT2D eigenvalue weighted by molar-refractivity contribution is 0.415. The summed E-state index contributed by atoms with van der Waals surface area (Å²) in [4.78, 5) is 2.22. The van der Waals surface area contributed by atoms with Crippen LogP contribution in [-0.2, 0) is 6.54 Å². The van der Waals surface area contributed by atoms with Gasteiger partial charge in [-0.1, -0.05) is 31.2 Å². The Morgan fingerprint density at radius 2 is 1.67 bits per heavy atom. The minimum atomic E-state index is 0.415. The molecule has 0 spiro atoms. The number of nitrogens with two attached hydrogens (primary N) is 1. The predicted molar refractivity (Wildman–Crippen MR) is 89.0 cm³/mol. The van der Waals surface area contributed by atoms with Gasteiger partial charge in [-0.3, -0.25) is 0 Å². The van der Waals surface area contributed by atoms with E-state index in [0.29, 0.717) is 12.5 Å². The molecule has 0 saturated heterocycles. The average Bonchev–Trinajstić information content (AvgIpc) is 2.55. The van der Waals surface area contributed by atoms with Gasteiger partial charge < -0.3 is 15.4 Å². The Kier molecular flexibility index (Phi) is 5.23. The summed E-state index contributed by atoms with van der Waals surface area (Å²) in [5.41, 5.74) is 9.47. The quantitative estimate of drug-likeness (QED) is 0.883. The first-order valence-corrected chi connectivity index (χ1v) is 7.28. The van der Waals surface area contributed by atoms with Crippen LogP contribution in [0.25, 0.3) is 0 Å². The molecular formula is C18H24N2O. The van der Waals surface area contributed by atoms with E-state index in [0.717, 1.165) is 12.3 Å². The third kappa shape index (κ3) is 3.99. The van der Waals surface area contributed by atoms with Crippen LogP contribution in [0.3, 0.4) is 0 Å². The molecule has 3 nitrogen and oxygen atoms in total. The SMILES string of the molecule is COc1ccc(N(C)Cc2ccc(C(C)CN)cc2)cc1. The van der Waals surface area contributed by atoms with Gasteiger partial charge in [-0.25, -0.2) is 0 Å². The van der Waals surface area contributed by atoms with E-state index in [4.69, 9.17) is 10.5 Å². The summed E-state index contributed by atoms with van der Waals surface area (Å²) in [5, 5.41) is 0. The number of nitrogens with zero attached hydrogens (tertiary/aromatic N) is 1. The standard InChI is InChI=1S/C18H24N2O/c1-14(12-19)16-6-4-15(5-7-16)13-20(2)17-8-10-18(21-3)11-9-17/h4-11,14H,12-13,19H2,1-3H3. The van der Waals surface area contributed by atoms with Crippen molar-refractivity contribution in [3.8, 4) is 5.75 Å². The molecule has 0 bridgehead atoms. The van der Waals surface area contributed by atoms with Crippen LogP contribution in [0.4, 0.5) is 5.69 Å². The van der Waals surface area contributed by atoms with E-state index in [-0.39, 0.29) is 0 Å². The van der Waals surface area contributed by atoms with Crippen molar-refractivity contribution >= 4 is 5.69 Å². The van der Waals surface area contributed by atoms with Gasteiger partial charge in [0.15, 0.2) is 0 Å². The number of hydrogen-bond donors (Lipinski definition) is 1. The Labute approximate surface area is 127 Å². The molecule has 0 radical (unpaired) electrons. The van der Waals surface area contributed by atoms with Crippen molar-refractivity contribution in [1.82, 2.24) is 0 Å². The number of anilines is 1. The van der Waals surface area contributed by atoms with Crippen molar-refractivity contribution < 1.29 is 4.74 Å². The fourth-order valence-electron chi connectivity index (χ4n) is 2.29. The molecular weight excluding hydrogens is 260 g/mol. The second-order valence-corrected chi connectivity index (χ2v) is 5.43. The van der Waals surface area contributed by atoms with Gasteiger partial charge in [-0.05, 0) is 47.9 Å². The van der Waals surface area contributed by atoms with Crippen molar-refractivity contribution in [2.45, 2.75) is 19.4 Å². The number of rotatable bonds is 6. The molecule has 0 aromatic heterocycles. The minimum absolute atomic E-state index is 0.415. The first-order valence-electron chi connectivity index (χ1n) is 7.28. The zero-order valence-electron chi connectivity index (χ0n) is 13.0. The van der Waals surface area contributed by atoms with E-state index in [1.54, 1.807) is 7.11 Å². The summed E-state index contributed by atoms with van der Waals surface area (Å²) < 4.78 is 5.18. The Bertz CT molecular complexity index is 548. The second-order valence-electron chi connectivity index (χ2n) is 5.43. The van der Waals surface area contributed by atoms with E-state index >= 15 is 0 Å². The van der Waals surface area contributed by atoms with Gasteiger partial charge in [-0.2, -0.15) is 0 Å². The van der Waals surface area contributed by atoms with Gasteiger partial charge >= 0.3 is 0 Å². The lowest BCUT2D eigenvalue weighted by Gasteiger charge is -2.20. The van der Waals surface area contributed by atoms with E-state index in [1.807, 2.05) is 12.1 Å². The monoisotopic (exact) mass is 284 g/mol. The van der Waals surface area contributed by atoms with Gasteiger partial charge in [0.2, 0.25) is 0 Å². The van der Waals surface area contributed by atoms with Crippen LogP contribution in [0, 0.1) is 0 Å². The van der Waals surface area contributed by atoms with Crippen molar-refractivity contribution in [3.05, 3.63) is 59.7 Å². The highest BCUT2D eigenvalue weighted by Crippen LogP contribution is 2.20. The van der Waals surface area contributed by atoms with Crippen LogP contribution in [0.15, 0.2) is 48.5 Å². The van der Waals surface area contributed by atoms with Crippen LogP contribution < -0.4 is 15.4 Å².